The van der Waals surface area contributed by atoms with Crippen LogP contribution in [-0.2, 0) is 19.6 Å². The van der Waals surface area contributed by atoms with Crippen molar-refractivity contribution >= 4 is 27.6 Å². The minimum absolute atomic E-state index is 0.0138. The van der Waals surface area contributed by atoms with E-state index in [2.05, 4.69) is 10.0 Å². The minimum atomic E-state index is -3.71. The lowest BCUT2D eigenvalue weighted by Gasteiger charge is -2.17. The van der Waals surface area contributed by atoms with Gasteiger partial charge in [-0.05, 0) is 37.5 Å². The molecule has 32 heavy (non-hydrogen) atoms. The number of anilines is 1. The fraction of sp³-hybridized carbons (Fsp3) is 0.409. The first-order valence-corrected chi connectivity index (χ1v) is 11.9. The van der Waals surface area contributed by atoms with Crippen LogP contribution in [0.4, 0.5) is 5.69 Å². The first kappa shape index (κ1) is 25.3. The van der Waals surface area contributed by atoms with Crippen molar-refractivity contribution in [1.82, 2.24) is 4.72 Å². The monoisotopic (exact) mass is 461 g/mol. The summed E-state index contributed by atoms with van der Waals surface area (Å²) in [5.41, 5.74) is 0.0196. The van der Waals surface area contributed by atoms with Gasteiger partial charge in [0.05, 0.1) is 35.2 Å². The molecule has 1 heterocycles. The molecule has 3 N–H and O–H groups in total. The largest absolute Gasteiger partial charge is 0.478 e. The summed E-state index contributed by atoms with van der Waals surface area (Å²) in [6, 6.07) is 5.39. The molecule has 0 radical (unpaired) electrons. The number of carboxylic acids is 1. The standard InChI is InChI=1S/C22H27N3O6S/c1-31-15-18-8-6-4-2-3-5-7-17(11-12-32(29,30)25-18)21(26)24-20-10-9-16(14-23)13-19(20)22(27)28/h5,7,9-11,13,18,25H,2-4,6,8,12,15H2,1H3,(H,24,26)(H,27,28)/b7-5-,17-11+. The van der Waals surface area contributed by atoms with Gasteiger partial charge in [-0.2, -0.15) is 5.26 Å². The number of nitrogens with zero attached hydrogens (tertiary/aromatic N) is 1. The molecule has 0 spiro atoms. The summed E-state index contributed by atoms with van der Waals surface area (Å²) in [6.07, 6.45) is 8.65. The van der Waals surface area contributed by atoms with Crippen LogP contribution in [-0.4, -0.2) is 50.9 Å². The molecule has 1 aliphatic heterocycles. The highest BCUT2D eigenvalue weighted by molar-refractivity contribution is 7.89. The molecule has 0 aliphatic carbocycles. The smallest absolute Gasteiger partial charge is 0.337 e. The molecular formula is C22H27N3O6S. The third-order valence-corrected chi connectivity index (χ3v) is 6.14. The number of benzene rings is 1. The second-order valence-electron chi connectivity index (χ2n) is 7.38. The normalized spacial score (nSPS) is 22.0. The molecule has 1 unspecified atom stereocenters. The zero-order chi connectivity index (χ0) is 23.6. The highest BCUT2D eigenvalue weighted by Gasteiger charge is 2.19. The van der Waals surface area contributed by atoms with Crippen molar-refractivity contribution in [3.05, 3.63) is 53.1 Å². The molecule has 1 aromatic rings. The quantitative estimate of drug-likeness (QED) is 0.611. The van der Waals surface area contributed by atoms with E-state index in [4.69, 9.17) is 10.00 Å². The summed E-state index contributed by atoms with van der Waals surface area (Å²) in [5.74, 6) is -2.36. The maximum absolute atomic E-state index is 12.8. The number of hydrogen-bond acceptors (Lipinski definition) is 6. The highest BCUT2D eigenvalue weighted by atomic mass is 32.2. The Hall–Kier alpha value is -3.00. The minimum Gasteiger partial charge on any atom is -0.478 e. The Labute approximate surface area is 187 Å². The molecule has 0 aromatic heterocycles. The van der Waals surface area contributed by atoms with Gasteiger partial charge in [0.15, 0.2) is 0 Å². The van der Waals surface area contributed by atoms with E-state index in [0.717, 1.165) is 31.7 Å². The summed E-state index contributed by atoms with van der Waals surface area (Å²) in [4.78, 5) is 24.4. The first-order valence-electron chi connectivity index (χ1n) is 10.2. The van der Waals surface area contributed by atoms with Crippen LogP contribution in [0.25, 0.3) is 0 Å². The lowest BCUT2D eigenvalue weighted by Crippen LogP contribution is -2.39. The van der Waals surface area contributed by atoms with Crippen molar-refractivity contribution in [1.29, 1.82) is 5.26 Å². The number of aromatic carboxylic acids is 1. The van der Waals surface area contributed by atoms with E-state index in [9.17, 15) is 23.1 Å². The second kappa shape index (κ2) is 12.1. The Morgan fingerprint density at radius 2 is 2.09 bits per heavy atom. The maximum atomic E-state index is 12.8. The summed E-state index contributed by atoms with van der Waals surface area (Å²) >= 11 is 0. The average molecular weight is 462 g/mol. The fourth-order valence-electron chi connectivity index (χ4n) is 3.25. The van der Waals surface area contributed by atoms with Crippen LogP contribution < -0.4 is 10.0 Å². The van der Waals surface area contributed by atoms with Gasteiger partial charge in [0, 0.05) is 18.7 Å². The van der Waals surface area contributed by atoms with Crippen LogP contribution in [0.15, 0.2) is 42.0 Å². The predicted molar refractivity (Wildman–Crippen MR) is 120 cm³/mol. The van der Waals surface area contributed by atoms with Crippen LogP contribution >= 0.6 is 0 Å². The fourth-order valence-corrected chi connectivity index (χ4v) is 4.44. The topological polar surface area (TPSA) is 146 Å². The van der Waals surface area contributed by atoms with Crippen LogP contribution in [0.3, 0.4) is 0 Å². The number of sulfonamides is 1. The number of ether oxygens (including phenoxy) is 1. The molecule has 1 amide bonds. The van der Waals surface area contributed by atoms with E-state index in [0.29, 0.717) is 6.42 Å². The van der Waals surface area contributed by atoms with Crippen LogP contribution in [0.5, 0.6) is 0 Å². The van der Waals surface area contributed by atoms with Gasteiger partial charge < -0.3 is 15.2 Å². The van der Waals surface area contributed by atoms with E-state index >= 15 is 0 Å². The van der Waals surface area contributed by atoms with E-state index in [1.165, 1.54) is 25.3 Å². The highest BCUT2D eigenvalue weighted by Crippen LogP contribution is 2.19. The van der Waals surface area contributed by atoms with Gasteiger partial charge in [0.2, 0.25) is 10.0 Å². The maximum Gasteiger partial charge on any atom is 0.337 e. The summed E-state index contributed by atoms with van der Waals surface area (Å²) < 4.78 is 32.8. The van der Waals surface area contributed by atoms with Crippen LogP contribution in [0.1, 0.15) is 48.0 Å². The van der Waals surface area contributed by atoms with Gasteiger partial charge in [-0.1, -0.05) is 31.1 Å². The summed E-state index contributed by atoms with van der Waals surface area (Å²) in [7, 11) is -2.20. The van der Waals surface area contributed by atoms with Gasteiger partial charge in [-0.25, -0.2) is 17.9 Å². The molecule has 2 rings (SSSR count). The molecule has 0 bridgehead atoms. The number of amides is 1. The summed E-state index contributed by atoms with van der Waals surface area (Å²) in [5, 5.41) is 20.9. The van der Waals surface area contributed by atoms with Crippen molar-refractivity contribution in [2.75, 3.05) is 24.8 Å². The first-order chi connectivity index (χ1) is 15.3. The Bertz CT molecular complexity index is 1040. The third-order valence-electron chi connectivity index (χ3n) is 4.85. The third kappa shape index (κ3) is 7.92. The van der Waals surface area contributed by atoms with E-state index in [-0.39, 0.29) is 35.0 Å². The molecule has 10 heteroatoms. The van der Waals surface area contributed by atoms with Crippen LogP contribution in [0, 0.1) is 11.3 Å². The number of carboxylic acid groups (broad SMARTS) is 1. The Morgan fingerprint density at radius 1 is 1.31 bits per heavy atom. The molecule has 172 valence electrons. The Morgan fingerprint density at radius 3 is 2.78 bits per heavy atom. The van der Waals surface area contributed by atoms with Crippen molar-refractivity contribution in [2.45, 2.75) is 38.1 Å². The van der Waals surface area contributed by atoms with E-state index in [1.54, 1.807) is 12.2 Å². The van der Waals surface area contributed by atoms with Gasteiger partial charge in [-0.15, -0.1) is 0 Å². The Kier molecular flexibility index (Phi) is 9.59. The summed E-state index contributed by atoms with van der Waals surface area (Å²) in [6.45, 7) is 0.255. The number of carbonyl (C=O) groups excluding carboxylic acids is 1. The van der Waals surface area contributed by atoms with Gasteiger partial charge >= 0.3 is 5.97 Å². The number of methoxy groups -OCH3 is 1. The number of carbonyl (C=O) groups is 2. The van der Waals surface area contributed by atoms with Crippen molar-refractivity contribution in [2.24, 2.45) is 0 Å². The number of allylic oxidation sites excluding steroid dienone is 1. The van der Waals surface area contributed by atoms with Crippen molar-refractivity contribution in [3.8, 4) is 6.07 Å². The lowest BCUT2D eigenvalue weighted by atomic mass is 10.1. The molecule has 0 saturated carbocycles. The molecule has 1 aliphatic rings. The molecule has 9 nitrogen and oxygen atoms in total. The average Bonchev–Trinajstić information content (AvgIpc) is 2.75. The second-order valence-corrected chi connectivity index (χ2v) is 9.18. The van der Waals surface area contributed by atoms with Gasteiger partial charge in [0.1, 0.15) is 0 Å². The number of rotatable bonds is 5. The van der Waals surface area contributed by atoms with Crippen molar-refractivity contribution < 1.29 is 27.9 Å². The molecule has 0 saturated heterocycles. The zero-order valence-corrected chi connectivity index (χ0v) is 18.7. The number of nitrogens with one attached hydrogen (secondary N) is 2. The SMILES string of the molecule is COCC1CCCCC/C=C\C(C(=O)Nc2ccc(C#N)cc2C(=O)O)=C/CS(=O)(=O)N1. The molecular weight excluding hydrogens is 434 g/mol. The lowest BCUT2D eigenvalue weighted by molar-refractivity contribution is -0.112. The molecule has 1 aromatic carbocycles. The van der Waals surface area contributed by atoms with E-state index < -0.39 is 27.7 Å². The predicted octanol–water partition coefficient (Wildman–Crippen LogP) is 2.58. The molecule has 1 atom stereocenters. The number of hydrogen-bond donors (Lipinski definition) is 3. The molecule has 0 fully saturated rings. The number of nitriles is 1. The van der Waals surface area contributed by atoms with E-state index in [1.807, 2.05) is 6.07 Å². The van der Waals surface area contributed by atoms with Crippen LogP contribution in [0.2, 0.25) is 0 Å². The van der Waals surface area contributed by atoms with Crippen molar-refractivity contribution in [3.63, 3.8) is 0 Å². The van der Waals surface area contributed by atoms with Gasteiger partial charge in [0.25, 0.3) is 5.91 Å². The van der Waals surface area contributed by atoms with Gasteiger partial charge in [-0.3, -0.25) is 4.79 Å². The Balaban J connectivity index is 2.29. The zero-order valence-electron chi connectivity index (χ0n) is 17.8.